The van der Waals surface area contributed by atoms with Crippen LogP contribution in [0.4, 0.5) is 4.79 Å². The van der Waals surface area contributed by atoms with Gasteiger partial charge in [0, 0.05) is 59.6 Å². The Balaban J connectivity index is 1.89. The Morgan fingerprint density at radius 3 is 2.28 bits per heavy atom. The SMILES string of the molecule is Cn1cc(S(=O)(=O)NCCN2CCN(C(=O)OC(C)(C)C)CC2)c(=O)n(C)c1=O. The van der Waals surface area contributed by atoms with E-state index in [1.54, 1.807) is 4.90 Å². The van der Waals surface area contributed by atoms with Gasteiger partial charge in [-0.15, -0.1) is 0 Å². The third-order valence-corrected chi connectivity index (χ3v) is 5.89. The summed E-state index contributed by atoms with van der Waals surface area (Å²) in [4.78, 5) is 39.1. The minimum Gasteiger partial charge on any atom is -0.444 e. The molecular weight excluding hydrogens is 402 g/mol. The van der Waals surface area contributed by atoms with Crippen molar-refractivity contribution in [1.29, 1.82) is 0 Å². The van der Waals surface area contributed by atoms with Crippen LogP contribution in [0.3, 0.4) is 0 Å². The molecule has 1 aliphatic heterocycles. The van der Waals surface area contributed by atoms with Crippen LogP contribution in [0.1, 0.15) is 20.8 Å². The number of aromatic nitrogens is 2. The lowest BCUT2D eigenvalue weighted by Gasteiger charge is -2.35. The summed E-state index contributed by atoms with van der Waals surface area (Å²) in [6.45, 7) is 8.10. The first-order valence-electron chi connectivity index (χ1n) is 9.28. The van der Waals surface area contributed by atoms with E-state index in [0.717, 1.165) is 15.3 Å². The lowest BCUT2D eigenvalue weighted by atomic mass is 10.2. The Labute approximate surface area is 169 Å². The lowest BCUT2D eigenvalue weighted by molar-refractivity contribution is 0.0147. The summed E-state index contributed by atoms with van der Waals surface area (Å²) in [5, 5.41) is 0. The second kappa shape index (κ2) is 8.67. The molecular formula is C17H29N5O6S. The number of hydrogen-bond donors (Lipinski definition) is 1. The molecule has 1 amide bonds. The molecule has 12 heteroatoms. The molecule has 0 radical (unpaired) electrons. The zero-order valence-corrected chi connectivity index (χ0v) is 18.3. The summed E-state index contributed by atoms with van der Waals surface area (Å²) in [6, 6.07) is 0. The number of nitrogens with zero attached hydrogens (tertiary/aromatic N) is 4. The molecule has 0 unspecified atom stereocenters. The zero-order chi connectivity index (χ0) is 22.0. The Morgan fingerprint density at radius 1 is 1.14 bits per heavy atom. The summed E-state index contributed by atoms with van der Waals surface area (Å²) < 4.78 is 34.5. The van der Waals surface area contributed by atoms with Gasteiger partial charge in [0.1, 0.15) is 5.60 Å². The molecule has 2 heterocycles. The third-order valence-electron chi connectivity index (χ3n) is 4.45. The maximum atomic E-state index is 12.5. The highest BCUT2D eigenvalue weighted by Gasteiger charge is 2.26. The van der Waals surface area contributed by atoms with Crippen molar-refractivity contribution >= 4 is 16.1 Å². The molecule has 164 valence electrons. The monoisotopic (exact) mass is 431 g/mol. The smallest absolute Gasteiger partial charge is 0.410 e. The van der Waals surface area contributed by atoms with Crippen LogP contribution >= 0.6 is 0 Å². The maximum Gasteiger partial charge on any atom is 0.410 e. The summed E-state index contributed by atoms with van der Waals surface area (Å²) >= 11 is 0. The van der Waals surface area contributed by atoms with Gasteiger partial charge in [-0.3, -0.25) is 14.3 Å². The van der Waals surface area contributed by atoms with Gasteiger partial charge in [0.25, 0.3) is 5.56 Å². The van der Waals surface area contributed by atoms with Crippen molar-refractivity contribution < 1.29 is 17.9 Å². The third kappa shape index (κ3) is 5.90. The number of rotatable bonds is 5. The second-order valence-electron chi connectivity index (χ2n) is 7.96. The number of hydrogen-bond acceptors (Lipinski definition) is 7. The first kappa shape index (κ1) is 23.1. The average Bonchev–Trinajstić information content (AvgIpc) is 2.61. The predicted octanol–water partition coefficient (Wildman–Crippen LogP) is -1.08. The quantitative estimate of drug-likeness (QED) is 0.629. The lowest BCUT2D eigenvalue weighted by Crippen LogP contribution is -2.51. The van der Waals surface area contributed by atoms with Crippen LogP contribution in [-0.4, -0.2) is 78.3 Å². The topological polar surface area (TPSA) is 123 Å². The molecule has 1 aliphatic rings. The van der Waals surface area contributed by atoms with E-state index < -0.39 is 31.8 Å². The van der Waals surface area contributed by atoms with E-state index in [9.17, 15) is 22.8 Å². The average molecular weight is 432 g/mol. The highest BCUT2D eigenvalue weighted by molar-refractivity contribution is 7.89. The molecule has 11 nitrogen and oxygen atoms in total. The van der Waals surface area contributed by atoms with Crippen LogP contribution in [-0.2, 0) is 28.9 Å². The van der Waals surface area contributed by atoms with Gasteiger partial charge in [-0.25, -0.2) is 22.7 Å². The number of nitrogens with one attached hydrogen (secondary N) is 1. The number of carbonyl (C=O) groups excluding carboxylic acids is 1. The highest BCUT2D eigenvalue weighted by Crippen LogP contribution is 2.11. The largest absolute Gasteiger partial charge is 0.444 e. The molecule has 0 saturated carbocycles. The van der Waals surface area contributed by atoms with Crippen molar-refractivity contribution in [1.82, 2.24) is 23.7 Å². The van der Waals surface area contributed by atoms with Gasteiger partial charge < -0.3 is 14.2 Å². The van der Waals surface area contributed by atoms with Gasteiger partial charge in [0.2, 0.25) is 10.0 Å². The van der Waals surface area contributed by atoms with Crippen molar-refractivity contribution in [2.45, 2.75) is 31.3 Å². The van der Waals surface area contributed by atoms with E-state index in [1.165, 1.54) is 14.1 Å². The fourth-order valence-electron chi connectivity index (χ4n) is 2.86. The van der Waals surface area contributed by atoms with Crippen molar-refractivity contribution in [3.8, 4) is 0 Å². The predicted molar refractivity (Wildman–Crippen MR) is 106 cm³/mol. The molecule has 0 aliphatic carbocycles. The van der Waals surface area contributed by atoms with Crippen LogP contribution in [0, 0.1) is 0 Å². The fraction of sp³-hybridized carbons (Fsp3) is 0.706. The van der Waals surface area contributed by atoms with Gasteiger partial charge in [0.15, 0.2) is 4.90 Å². The van der Waals surface area contributed by atoms with E-state index in [4.69, 9.17) is 4.74 Å². The summed E-state index contributed by atoms with van der Waals surface area (Å²) in [5.41, 5.74) is -2.02. The Morgan fingerprint density at radius 2 is 1.72 bits per heavy atom. The fourth-order valence-corrected chi connectivity index (χ4v) is 4.04. The number of sulfonamides is 1. The summed E-state index contributed by atoms with van der Waals surface area (Å²) in [5.74, 6) is 0. The molecule has 29 heavy (non-hydrogen) atoms. The van der Waals surface area contributed by atoms with Crippen molar-refractivity contribution in [3.63, 3.8) is 0 Å². The van der Waals surface area contributed by atoms with E-state index in [1.807, 2.05) is 25.7 Å². The summed E-state index contributed by atoms with van der Waals surface area (Å²) in [6.07, 6.45) is 0.662. The normalized spacial score (nSPS) is 16.1. The van der Waals surface area contributed by atoms with E-state index in [-0.39, 0.29) is 12.6 Å². The highest BCUT2D eigenvalue weighted by atomic mass is 32.2. The maximum absolute atomic E-state index is 12.5. The van der Waals surface area contributed by atoms with Gasteiger partial charge in [-0.1, -0.05) is 0 Å². The summed E-state index contributed by atoms with van der Waals surface area (Å²) in [7, 11) is -1.44. The van der Waals surface area contributed by atoms with Crippen molar-refractivity contribution in [3.05, 3.63) is 27.0 Å². The minimum atomic E-state index is -4.05. The van der Waals surface area contributed by atoms with Gasteiger partial charge in [0.05, 0.1) is 0 Å². The first-order chi connectivity index (χ1) is 13.3. The molecule has 1 saturated heterocycles. The molecule has 0 aromatic carbocycles. The van der Waals surface area contributed by atoms with Gasteiger partial charge >= 0.3 is 11.8 Å². The molecule has 0 spiro atoms. The first-order valence-corrected chi connectivity index (χ1v) is 10.8. The molecule has 0 bridgehead atoms. The molecule has 1 fully saturated rings. The van der Waals surface area contributed by atoms with Crippen LogP contribution in [0.15, 0.2) is 20.7 Å². The van der Waals surface area contributed by atoms with Crippen LogP contribution in [0.5, 0.6) is 0 Å². The standard InChI is InChI=1S/C17H29N5O6S/c1-17(2,3)28-16(25)22-10-8-21(9-11-22)7-6-18-29(26,27)13-12-19(4)15(24)20(5)14(13)23/h12,18H,6-11H2,1-5H3. The van der Waals surface area contributed by atoms with E-state index in [0.29, 0.717) is 32.7 Å². The van der Waals surface area contributed by atoms with Gasteiger partial charge in [-0.2, -0.15) is 0 Å². The van der Waals surface area contributed by atoms with E-state index >= 15 is 0 Å². The Hall–Kier alpha value is -2.18. The number of ether oxygens (including phenoxy) is 1. The van der Waals surface area contributed by atoms with E-state index in [2.05, 4.69) is 4.72 Å². The molecule has 1 N–H and O–H groups in total. The van der Waals surface area contributed by atoms with Crippen LogP contribution in [0.2, 0.25) is 0 Å². The van der Waals surface area contributed by atoms with Crippen molar-refractivity contribution in [2.75, 3.05) is 39.3 Å². The second-order valence-corrected chi connectivity index (χ2v) is 9.69. The number of piperazine rings is 1. The van der Waals surface area contributed by atoms with Gasteiger partial charge in [-0.05, 0) is 20.8 Å². The number of amides is 1. The van der Waals surface area contributed by atoms with Crippen LogP contribution < -0.4 is 16.0 Å². The number of carbonyl (C=O) groups is 1. The zero-order valence-electron chi connectivity index (χ0n) is 17.5. The molecule has 1 aromatic rings. The molecule has 2 rings (SSSR count). The Bertz CT molecular complexity index is 967. The van der Waals surface area contributed by atoms with Crippen LogP contribution in [0.25, 0.3) is 0 Å². The molecule has 1 aromatic heterocycles. The van der Waals surface area contributed by atoms with Crippen molar-refractivity contribution in [2.24, 2.45) is 14.1 Å². The minimum absolute atomic E-state index is 0.0980. The molecule has 0 atom stereocenters. The number of aryl methyl sites for hydroxylation is 1. The Kier molecular flexibility index (Phi) is 6.91.